The summed E-state index contributed by atoms with van der Waals surface area (Å²) in [6.45, 7) is 5.07. The Morgan fingerprint density at radius 1 is 1.21 bits per heavy atom. The maximum atomic E-state index is 13.2. The van der Waals surface area contributed by atoms with Crippen LogP contribution in [0.15, 0.2) is 47.4 Å². The van der Waals surface area contributed by atoms with E-state index >= 15 is 0 Å². The molecule has 1 amide bonds. The quantitative estimate of drug-likeness (QED) is 0.816. The van der Waals surface area contributed by atoms with Gasteiger partial charge >= 0.3 is 0 Å². The van der Waals surface area contributed by atoms with E-state index in [1.54, 1.807) is 42.5 Å². The van der Waals surface area contributed by atoms with Gasteiger partial charge in [0, 0.05) is 24.8 Å². The molecule has 0 aliphatic carbocycles. The zero-order valence-corrected chi connectivity index (χ0v) is 17.5. The van der Waals surface area contributed by atoms with Crippen molar-refractivity contribution in [1.82, 2.24) is 5.32 Å². The van der Waals surface area contributed by atoms with Gasteiger partial charge in [0.1, 0.15) is 0 Å². The summed E-state index contributed by atoms with van der Waals surface area (Å²) in [7, 11) is -3.66. The molecule has 0 saturated carbocycles. The third-order valence-electron chi connectivity index (χ3n) is 5.59. The van der Waals surface area contributed by atoms with Crippen molar-refractivity contribution in [1.29, 1.82) is 0 Å². The number of anilines is 1. The zero-order chi connectivity index (χ0) is 20.6. The summed E-state index contributed by atoms with van der Waals surface area (Å²) in [4.78, 5) is 12.8. The van der Waals surface area contributed by atoms with Gasteiger partial charge in [-0.15, -0.1) is 0 Å². The molecule has 2 aromatic carbocycles. The third-order valence-corrected chi connectivity index (χ3v) is 7.53. The summed E-state index contributed by atoms with van der Waals surface area (Å²) < 4.78 is 33.5. The number of carbonyl (C=O) groups is 1. The molecule has 1 N–H and O–H groups in total. The van der Waals surface area contributed by atoms with Crippen LogP contribution in [-0.4, -0.2) is 39.6 Å². The fourth-order valence-electron chi connectivity index (χ4n) is 4.05. The lowest BCUT2D eigenvalue weighted by Gasteiger charge is -2.24. The number of rotatable bonds is 5. The molecule has 0 bridgehead atoms. The lowest BCUT2D eigenvalue weighted by Crippen LogP contribution is -2.35. The Hall–Kier alpha value is -2.38. The largest absolute Gasteiger partial charge is 0.376 e. The first kappa shape index (κ1) is 19.9. The second-order valence-electron chi connectivity index (χ2n) is 7.86. The average Bonchev–Trinajstić information content (AvgIpc) is 3.32. The molecule has 2 heterocycles. The molecular weight excluding hydrogens is 388 g/mol. The maximum absolute atomic E-state index is 13.2. The predicted molar refractivity (Wildman–Crippen MR) is 112 cm³/mol. The predicted octanol–water partition coefficient (Wildman–Crippen LogP) is 3.04. The second-order valence-corrected chi connectivity index (χ2v) is 9.67. The molecule has 1 fully saturated rings. The first-order chi connectivity index (χ1) is 13.9. The smallest absolute Gasteiger partial charge is 0.264 e. The van der Waals surface area contributed by atoms with Gasteiger partial charge in [0.15, 0.2) is 0 Å². The highest BCUT2D eigenvalue weighted by atomic mass is 32.2. The first-order valence-corrected chi connectivity index (χ1v) is 11.4. The fourth-order valence-corrected chi connectivity index (χ4v) is 5.74. The van der Waals surface area contributed by atoms with Gasteiger partial charge < -0.3 is 10.1 Å². The summed E-state index contributed by atoms with van der Waals surface area (Å²) in [6.07, 6.45) is 2.66. The molecule has 6 nitrogen and oxygen atoms in total. The zero-order valence-electron chi connectivity index (χ0n) is 16.7. The third kappa shape index (κ3) is 3.89. The number of hydrogen-bond donors (Lipinski definition) is 1. The van der Waals surface area contributed by atoms with Crippen LogP contribution in [0.2, 0.25) is 0 Å². The molecule has 0 spiro atoms. The van der Waals surface area contributed by atoms with Crippen molar-refractivity contribution in [2.24, 2.45) is 0 Å². The maximum Gasteiger partial charge on any atom is 0.264 e. The van der Waals surface area contributed by atoms with Gasteiger partial charge in [0.2, 0.25) is 0 Å². The lowest BCUT2D eigenvalue weighted by molar-refractivity contribution is 0.0857. The van der Waals surface area contributed by atoms with Crippen molar-refractivity contribution >= 4 is 21.6 Å². The van der Waals surface area contributed by atoms with Crippen molar-refractivity contribution in [3.05, 3.63) is 59.2 Å². The number of nitrogens with one attached hydrogen (secondary N) is 1. The van der Waals surface area contributed by atoms with Gasteiger partial charge in [-0.25, -0.2) is 8.42 Å². The molecule has 0 radical (unpaired) electrons. The highest BCUT2D eigenvalue weighted by molar-refractivity contribution is 7.92. The number of nitrogens with zero attached hydrogens (tertiary/aromatic N) is 1. The fraction of sp³-hybridized carbons (Fsp3) is 0.409. The highest BCUT2D eigenvalue weighted by Gasteiger charge is 2.36. The Kier molecular flexibility index (Phi) is 5.36. The van der Waals surface area contributed by atoms with Crippen LogP contribution in [0.1, 0.15) is 41.3 Å². The topological polar surface area (TPSA) is 75.7 Å². The number of carbonyl (C=O) groups excluding carboxylic acids is 1. The van der Waals surface area contributed by atoms with E-state index in [1.807, 2.05) is 13.8 Å². The summed E-state index contributed by atoms with van der Waals surface area (Å²) in [5, 5.41) is 2.92. The van der Waals surface area contributed by atoms with Crippen LogP contribution in [-0.2, 0) is 21.2 Å². The van der Waals surface area contributed by atoms with Crippen LogP contribution >= 0.6 is 0 Å². The molecule has 2 aromatic rings. The minimum atomic E-state index is -3.66. The van der Waals surface area contributed by atoms with E-state index in [2.05, 4.69) is 5.32 Å². The van der Waals surface area contributed by atoms with Gasteiger partial charge in [-0.2, -0.15) is 0 Å². The monoisotopic (exact) mass is 414 g/mol. The lowest BCUT2D eigenvalue weighted by atomic mass is 10.1. The van der Waals surface area contributed by atoms with Gasteiger partial charge in [-0.3, -0.25) is 9.10 Å². The number of hydrogen-bond acceptors (Lipinski definition) is 4. The van der Waals surface area contributed by atoms with E-state index in [-0.39, 0.29) is 22.9 Å². The van der Waals surface area contributed by atoms with Crippen molar-refractivity contribution in [2.45, 2.75) is 50.2 Å². The normalized spacial score (nSPS) is 21.2. The Morgan fingerprint density at radius 3 is 2.66 bits per heavy atom. The van der Waals surface area contributed by atoms with Crippen molar-refractivity contribution in [3.63, 3.8) is 0 Å². The van der Waals surface area contributed by atoms with E-state index in [9.17, 15) is 13.2 Å². The van der Waals surface area contributed by atoms with Crippen molar-refractivity contribution < 1.29 is 17.9 Å². The Labute approximate surface area is 171 Å². The summed E-state index contributed by atoms with van der Waals surface area (Å²) in [5.74, 6) is -0.157. The van der Waals surface area contributed by atoms with Crippen LogP contribution in [0.25, 0.3) is 0 Å². The van der Waals surface area contributed by atoms with E-state index in [4.69, 9.17) is 4.74 Å². The van der Waals surface area contributed by atoms with Crippen LogP contribution in [0.4, 0.5) is 5.69 Å². The van der Waals surface area contributed by atoms with E-state index < -0.39 is 10.0 Å². The first-order valence-electron chi connectivity index (χ1n) is 10.00. The van der Waals surface area contributed by atoms with E-state index in [0.717, 1.165) is 30.6 Å². The number of ether oxygens (including phenoxy) is 1. The minimum Gasteiger partial charge on any atom is -0.376 e. The Balaban J connectivity index is 1.56. The molecule has 0 unspecified atom stereocenters. The number of amides is 1. The summed E-state index contributed by atoms with van der Waals surface area (Å²) in [5.41, 5.74) is 3.08. The van der Waals surface area contributed by atoms with Crippen LogP contribution in [0.5, 0.6) is 0 Å². The number of fused-ring (bicyclic) bond motifs is 1. The Morgan fingerprint density at radius 2 is 1.97 bits per heavy atom. The average molecular weight is 415 g/mol. The highest BCUT2D eigenvalue weighted by Crippen LogP contribution is 2.37. The molecule has 2 atom stereocenters. The molecule has 4 rings (SSSR count). The van der Waals surface area contributed by atoms with E-state index in [0.29, 0.717) is 24.2 Å². The molecule has 7 heteroatoms. The van der Waals surface area contributed by atoms with Crippen molar-refractivity contribution in [2.75, 3.05) is 17.5 Å². The van der Waals surface area contributed by atoms with Gasteiger partial charge in [0.05, 0.1) is 16.7 Å². The van der Waals surface area contributed by atoms with Crippen LogP contribution in [0, 0.1) is 6.92 Å². The van der Waals surface area contributed by atoms with Gasteiger partial charge in [-0.05, 0) is 69.0 Å². The number of sulfonamides is 1. The summed E-state index contributed by atoms with van der Waals surface area (Å²) in [6, 6.07) is 11.9. The summed E-state index contributed by atoms with van der Waals surface area (Å²) >= 11 is 0. The number of benzene rings is 2. The van der Waals surface area contributed by atoms with Crippen LogP contribution in [0.3, 0.4) is 0 Å². The SMILES string of the molecule is Cc1ccc(S(=O)(=O)N2c3ccc(C(=O)NC[C@@H]4CCCO4)cc3C[C@H]2C)cc1. The molecule has 29 heavy (non-hydrogen) atoms. The van der Waals surface area contributed by atoms with E-state index in [1.165, 1.54) is 4.31 Å². The molecule has 154 valence electrons. The van der Waals surface area contributed by atoms with Crippen LogP contribution < -0.4 is 9.62 Å². The molecular formula is C22H26N2O4S. The second kappa shape index (κ2) is 7.80. The molecule has 2 aliphatic rings. The number of aryl methyl sites for hydroxylation is 1. The molecule has 1 saturated heterocycles. The Bertz CT molecular complexity index is 1010. The van der Waals surface area contributed by atoms with Gasteiger partial charge in [0.25, 0.3) is 15.9 Å². The standard InChI is InChI=1S/C22H26N2O4S/c1-15-5-8-20(9-6-15)29(26,27)24-16(2)12-18-13-17(7-10-21(18)24)22(25)23-14-19-4-3-11-28-19/h5-10,13,16,19H,3-4,11-12,14H2,1-2H3,(H,23,25)/t16-,19+/m1/s1. The molecule has 2 aliphatic heterocycles. The minimum absolute atomic E-state index is 0.0866. The molecule has 0 aromatic heterocycles. The van der Waals surface area contributed by atoms with Crippen molar-refractivity contribution in [3.8, 4) is 0 Å². The van der Waals surface area contributed by atoms with Gasteiger partial charge in [-0.1, -0.05) is 17.7 Å².